The minimum absolute atomic E-state index is 0.177. The molecule has 0 atom stereocenters. The lowest BCUT2D eigenvalue weighted by Crippen LogP contribution is -2.36. The van der Waals surface area contributed by atoms with Crippen LogP contribution in [-0.2, 0) is 6.54 Å². The van der Waals surface area contributed by atoms with Gasteiger partial charge in [0.15, 0.2) is 0 Å². The fourth-order valence-electron chi connectivity index (χ4n) is 1.52. The number of carbonyl (C=O) groups is 1. The van der Waals surface area contributed by atoms with E-state index in [0.717, 1.165) is 0 Å². The molecule has 1 rings (SSSR count). The first-order chi connectivity index (χ1) is 7.65. The Hall–Kier alpha value is -1.22. The summed E-state index contributed by atoms with van der Waals surface area (Å²) in [5.74, 6) is 0.427. The summed E-state index contributed by atoms with van der Waals surface area (Å²) in [6.07, 6.45) is 0. The average molecular weight is 241 g/mol. The lowest BCUT2D eigenvalue weighted by molar-refractivity contribution is 0.241. The van der Waals surface area contributed by atoms with Crippen LogP contribution < -0.4 is 10.6 Å². The number of benzene rings is 1. The summed E-state index contributed by atoms with van der Waals surface area (Å²) in [6, 6.07) is 5.92. The summed E-state index contributed by atoms with van der Waals surface area (Å²) in [5, 5.41) is 5.47. The molecule has 2 amide bonds. The third-order valence-corrected chi connectivity index (χ3v) is 2.64. The van der Waals surface area contributed by atoms with Crippen LogP contribution in [-0.4, -0.2) is 18.5 Å². The van der Waals surface area contributed by atoms with E-state index in [1.54, 1.807) is 0 Å². The van der Waals surface area contributed by atoms with Crippen molar-refractivity contribution in [2.45, 2.75) is 20.4 Å². The zero-order valence-electron chi connectivity index (χ0n) is 9.64. The standard InChI is InChI=1S/C12H17ClN2O/c1-9-4-3-5-10(2)11(9)8-15-12(16)14-7-6-13/h3-5H,6-8H2,1-2H3,(H2,14,15,16). The van der Waals surface area contributed by atoms with Gasteiger partial charge in [-0.15, -0.1) is 11.6 Å². The topological polar surface area (TPSA) is 41.1 Å². The van der Waals surface area contributed by atoms with E-state index in [2.05, 4.69) is 10.6 Å². The van der Waals surface area contributed by atoms with E-state index in [4.69, 9.17) is 11.6 Å². The van der Waals surface area contributed by atoms with Gasteiger partial charge in [-0.25, -0.2) is 4.79 Å². The highest BCUT2D eigenvalue weighted by atomic mass is 35.5. The van der Waals surface area contributed by atoms with Crippen LogP contribution in [0.1, 0.15) is 16.7 Å². The summed E-state index contributed by atoms with van der Waals surface area (Å²) < 4.78 is 0. The van der Waals surface area contributed by atoms with Crippen molar-refractivity contribution in [1.82, 2.24) is 10.6 Å². The molecule has 0 heterocycles. The van der Waals surface area contributed by atoms with Crippen molar-refractivity contribution in [1.29, 1.82) is 0 Å². The zero-order chi connectivity index (χ0) is 12.0. The van der Waals surface area contributed by atoms with Gasteiger partial charge in [0.05, 0.1) is 0 Å². The molecule has 0 unspecified atom stereocenters. The van der Waals surface area contributed by atoms with Gasteiger partial charge in [0.1, 0.15) is 0 Å². The number of amides is 2. The molecule has 0 aromatic heterocycles. The highest BCUT2D eigenvalue weighted by molar-refractivity contribution is 6.18. The highest BCUT2D eigenvalue weighted by Gasteiger charge is 2.04. The number of alkyl halides is 1. The van der Waals surface area contributed by atoms with Crippen LogP contribution >= 0.6 is 11.6 Å². The van der Waals surface area contributed by atoms with Gasteiger partial charge in [0.25, 0.3) is 0 Å². The predicted octanol–water partition coefficient (Wildman–Crippen LogP) is 2.34. The number of rotatable bonds is 4. The summed E-state index contributed by atoms with van der Waals surface area (Å²) >= 11 is 5.47. The Labute approximate surface area is 101 Å². The summed E-state index contributed by atoms with van der Waals surface area (Å²) in [7, 11) is 0. The quantitative estimate of drug-likeness (QED) is 0.780. The SMILES string of the molecule is Cc1cccc(C)c1CNC(=O)NCCCl. The second kappa shape index (κ2) is 6.38. The maximum Gasteiger partial charge on any atom is 0.315 e. The van der Waals surface area contributed by atoms with Gasteiger partial charge in [-0.05, 0) is 30.5 Å². The lowest BCUT2D eigenvalue weighted by Gasteiger charge is -2.11. The van der Waals surface area contributed by atoms with Gasteiger partial charge < -0.3 is 10.6 Å². The maximum atomic E-state index is 11.3. The van der Waals surface area contributed by atoms with Crippen LogP contribution in [0.5, 0.6) is 0 Å². The maximum absolute atomic E-state index is 11.3. The second-order valence-electron chi connectivity index (χ2n) is 3.67. The number of halogens is 1. The van der Waals surface area contributed by atoms with Crippen LogP contribution in [0.3, 0.4) is 0 Å². The van der Waals surface area contributed by atoms with Crippen LogP contribution in [0, 0.1) is 13.8 Å². The van der Waals surface area contributed by atoms with Crippen molar-refractivity contribution in [3.05, 3.63) is 34.9 Å². The molecule has 0 aliphatic carbocycles. The second-order valence-corrected chi connectivity index (χ2v) is 4.05. The largest absolute Gasteiger partial charge is 0.337 e. The molecular weight excluding hydrogens is 224 g/mol. The Kier molecular flexibility index (Phi) is 5.12. The molecule has 0 saturated heterocycles. The Morgan fingerprint density at radius 1 is 1.25 bits per heavy atom. The lowest BCUT2D eigenvalue weighted by atomic mass is 10.0. The van der Waals surface area contributed by atoms with E-state index in [1.807, 2.05) is 32.0 Å². The number of aryl methyl sites for hydroxylation is 2. The first kappa shape index (κ1) is 12.8. The molecule has 0 fully saturated rings. The molecule has 0 aliphatic heterocycles. The third-order valence-electron chi connectivity index (χ3n) is 2.45. The van der Waals surface area contributed by atoms with Gasteiger partial charge >= 0.3 is 6.03 Å². The molecule has 3 nitrogen and oxygen atoms in total. The molecule has 1 aromatic rings. The van der Waals surface area contributed by atoms with Gasteiger partial charge in [-0.3, -0.25) is 0 Å². The van der Waals surface area contributed by atoms with Gasteiger partial charge in [-0.1, -0.05) is 18.2 Å². The number of hydrogen-bond donors (Lipinski definition) is 2. The Morgan fingerprint density at radius 3 is 2.44 bits per heavy atom. The number of urea groups is 1. The van der Waals surface area contributed by atoms with Crippen LogP contribution in [0.2, 0.25) is 0 Å². The van der Waals surface area contributed by atoms with E-state index >= 15 is 0 Å². The van der Waals surface area contributed by atoms with Crippen molar-refractivity contribution in [2.75, 3.05) is 12.4 Å². The van der Waals surface area contributed by atoms with Gasteiger partial charge in [0, 0.05) is 19.0 Å². The molecule has 0 saturated carbocycles. The molecule has 0 bridgehead atoms. The minimum Gasteiger partial charge on any atom is -0.337 e. The average Bonchev–Trinajstić information content (AvgIpc) is 2.25. The van der Waals surface area contributed by atoms with E-state index in [-0.39, 0.29) is 6.03 Å². The Balaban J connectivity index is 2.51. The van der Waals surface area contributed by atoms with Gasteiger partial charge in [0.2, 0.25) is 0 Å². The van der Waals surface area contributed by atoms with Crippen molar-refractivity contribution in [3.63, 3.8) is 0 Å². The van der Waals surface area contributed by atoms with E-state index in [1.165, 1.54) is 16.7 Å². The zero-order valence-corrected chi connectivity index (χ0v) is 10.4. The van der Waals surface area contributed by atoms with Crippen molar-refractivity contribution in [2.24, 2.45) is 0 Å². The molecule has 4 heteroatoms. The molecule has 1 aromatic carbocycles. The van der Waals surface area contributed by atoms with Crippen LogP contribution in [0.4, 0.5) is 4.79 Å². The molecule has 0 aliphatic rings. The monoisotopic (exact) mass is 240 g/mol. The van der Waals surface area contributed by atoms with E-state index < -0.39 is 0 Å². The number of hydrogen-bond acceptors (Lipinski definition) is 1. The highest BCUT2D eigenvalue weighted by Crippen LogP contribution is 2.12. The van der Waals surface area contributed by atoms with Crippen molar-refractivity contribution >= 4 is 17.6 Å². The predicted molar refractivity (Wildman–Crippen MR) is 66.9 cm³/mol. The minimum atomic E-state index is -0.177. The van der Waals surface area contributed by atoms with E-state index in [9.17, 15) is 4.79 Å². The molecule has 2 N–H and O–H groups in total. The normalized spacial score (nSPS) is 9.94. The van der Waals surface area contributed by atoms with Crippen molar-refractivity contribution < 1.29 is 4.79 Å². The molecule has 0 radical (unpaired) electrons. The van der Waals surface area contributed by atoms with Gasteiger partial charge in [-0.2, -0.15) is 0 Å². The molecule has 0 spiro atoms. The fourth-order valence-corrected chi connectivity index (χ4v) is 1.61. The first-order valence-corrected chi connectivity index (χ1v) is 5.81. The van der Waals surface area contributed by atoms with Crippen LogP contribution in [0.15, 0.2) is 18.2 Å². The molecular formula is C12H17ClN2O. The Morgan fingerprint density at radius 2 is 1.88 bits per heavy atom. The molecule has 88 valence electrons. The number of nitrogens with one attached hydrogen (secondary N) is 2. The Bertz CT molecular complexity index is 346. The summed E-state index contributed by atoms with van der Waals surface area (Å²) in [4.78, 5) is 11.3. The van der Waals surface area contributed by atoms with Crippen LogP contribution in [0.25, 0.3) is 0 Å². The first-order valence-electron chi connectivity index (χ1n) is 5.28. The van der Waals surface area contributed by atoms with E-state index in [0.29, 0.717) is 19.0 Å². The number of carbonyl (C=O) groups excluding carboxylic acids is 1. The molecule has 16 heavy (non-hydrogen) atoms. The smallest absolute Gasteiger partial charge is 0.315 e. The van der Waals surface area contributed by atoms with Crippen molar-refractivity contribution in [3.8, 4) is 0 Å². The fraction of sp³-hybridized carbons (Fsp3) is 0.417. The third kappa shape index (κ3) is 3.74. The summed E-state index contributed by atoms with van der Waals surface area (Å²) in [6.45, 7) is 5.12. The summed E-state index contributed by atoms with van der Waals surface area (Å²) in [5.41, 5.74) is 3.55.